The zero-order valence-electron chi connectivity index (χ0n) is 5.87. The van der Waals surface area contributed by atoms with E-state index in [0.717, 1.165) is 12.8 Å². The lowest BCUT2D eigenvalue weighted by atomic mass is 10.2. The van der Waals surface area contributed by atoms with Gasteiger partial charge in [-0.15, -0.1) is 0 Å². The van der Waals surface area contributed by atoms with Crippen LogP contribution in [-0.4, -0.2) is 16.4 Å². The van der Waals surface area contributed by atoms with Crippen LogP contribution >= 0.6 is 21.6 Å². The van der Waals surface area contributed by atoms with Crippen molar-refractivity contribution in [1.82, 2.24) is 0 Å². The molecule has 0 aromatic carbocycles. The summed E-state index contributed by atoms with van der Waals surface area (Å²) in [4.78, 5) is 10.7. The first-order valence-corrected chi connectivity index (χ1v) is 5.63. The Morgan fingerprint density at radius 2 is 2.40 bits per heavy atom. The Kier molecular flexibility index (Phi) is 2.92. The molecular formula is C6H11NOS2. The minimum Gasteiger partial charge on any atom is -0.369 e. The van der Waals surface area contributed by atoms with E-state index in [9.17, 15) is 4.79 Å². The van der Waals surface area contributed by atoms with Gasteiger partial charge in [-0.3, -0.25) is 4.79 Å². The summed E-state index contributed by atoms with van der Waals surface area (Å²) < 4.78 is 0. The van der Waals surface area contributed by atoms with Gasteiger partial charge >= 0.3 is 0 Å². The average Bonchev–Trinajstić information content (AvgIpc) is 2.34. The molecule has 1 aliphatic heterocycles. The number of carbonyl (C=O) groups excluding carboxylic acids is 1. The molecule has 0 spiro atoms. The highest BCUT2D eigenvalue weighted by Crippen LogP contribution is 2.44. The molecule has 0 aromatic heterocycles. The highest BCUT2D eigenvalue weighted by Gasteiger charge is 2.28. The lowest BCUT2D eigenvalue weighted by molar-refractivity contribution is -0.117. The Morgan fingerprint density at radius 1 is 1.70 bits per heavy atom. The second-order valence-corrected chi connectivity index (χ2v) is 5.12. The van der Waals surface area contributed by atoms with Crippen molar-refractivity contribution < 1.29 is 4.79 Å². The molecule has 2 nitrogen and oxygen atoms in total. The van der Waals surface area contributed by atoms with Gasteiger partial charge in [0.1, 0.15) is 0 Å². The molecule has 1 rings (SSSR count). The first kappa shape index (κ1) is 8.27. The first-order chi connectivity index (χ1) is 4.74. The van der Waals surface area contributed by atoms with E-state index in [-0.39, 0.29) is 11.2 Å². The quantitative estimate of drug-likeness (QED) is 0.648. The number of primary amides is 1. The number of hydrogen-bond acceptors (Lipinski definition) is 3. The Bertz CT molecular complexity index is 140. The highest BCUT2D eigenvalue weighted by atomic mass is 33.1. The second kappa shape index (κ2) is 3.53. The van der Waals surface area contributed by atoms with Gasteiger partial charge in [0.15, 0.2) is 0 Å². The SMILES string of the molecule is CCC1CC(C(N)=O)SS1. The molecule has 0 aromatic rings. The molecular weight excluding hydrogens is 166 g/mol. The van der Waals surface area contributed by atoms with Crippen molar-refractivity contribution in [3.63, 3.8) is 0 Å². The maximum atomic E-state index is 10.7. The van der Waals surface area contributed by atoms with E-state index < -0.39 is 0 Å². The van der Waals surface area contributed by atoms with Gasteiger partial charge in [0.2, 0.25) is 5.91 Å². The Balaban J connectivity index is 2.35. The third-order valence-corrected chi connectivity index (χ3v) is 4.97. The maximum absolute atomic E-state index is 10.7. The monoisotopic (exact) mass is 177 g/mol. The maximum Gasteiger partial charge on any atom is 0.231 e. The molecule has 1 fully saturated rings. The summed E-state index contributed by atoms with van der Waals surface area (Å²) in [5, 5.41) is 0.706. The minimum atomic E-state index is -0.159. The molecule has 0 saturated carbocycles. The number of rotatable bonds is 2. The van der Waals surface area contributed by atoms with E-state index >= 15 is 0 Å². The third-order valence-electron chi connectivity index (χ3n) is 1.56. The highest BCUT2D eigenvalue weighted by molar-refractivity contribution is 8.77. The number of hydrogen-bond donors (Lipinski definition) is 1. The van der Waals surface area contributed by atoms with Crippen molar-refractivity contribution in [2.24, 2.45) is 5.73 Å². The van der Waals surface area contributed by atoms with Crippen LogP contribution in [0.25, 0.3) is 0 Å². The summed E-state index contributed by atoms with van der Waals surface area (Å²) in [6.07, 6.45) is 2.10. The van der Waals surface area contributed by atoms with Gasteiger partial charge in [-0.05, 0) is 12.8 Å². The molecule has 58 valence electrons. The second-order valence-electron chi connectivity index (χ2n) is 2.35. The standard InChI is InChI=1S/C6H11NOS2/c1-2-4-3-5(6(7)8)10-9-4/h4-5H,2-3H2,1H3,(H2,7,8). The fourth-order valence-corrected chi connectivity index (χ4v) is 4.13. The van der Waals surface area contributed by atoms with Crippen molar-refractivity contribution in [2.45, 2.75) is 30.3 Å². The van der Waals surface area contributed by atoms with Crippen LogP contribution in [0.4, 0.5) is 0 Å². The lowest BCUT2D eigenvalue weighted by Gasteiger charge is -2.01. The molecule has 4 heteroatoms. The van der Waals surface area contributed by atoms with Crippen LogP contribution in [0.15, 0.2) is 0 Å². The van der Waals surface area contributed by atoms with Crippen LogP contribution < -0.4 is 5.73 Å². The number of amides is 1. The Morgan fingerprint density at radius 3 is 2.70 bits per heavy atom. The molecule has 1 heterocycles. The zero-order chi connectivity index (χ0) is 7.56. The molecule has 0 bridgehead atoms. The minimum absolute atomic E-state index is 0.0648. The molecule has 2 N–H and O–H groups in total. The van der Waals surface area contributed by atoms with Crippen LogP contribution in [0.3, 0.4) is 0 Å². The van der Waals surface area contributed by atoms with Gasteiger partial charge in [-0.1, -0.05) is 28.5 Å². The van der Waals surface area contributed by atoms with Gasteiger partial charge in [-0.25, -0.2) is 0 Å². The predicted octanol–water partition coefficient (Wildman–Crippen LogP) is 1.40. The summed E-state index contributed by atoms with van der Waals surface area (Å²) >= 11 is 0. The zero-order valence-corrected chi connectivity index (χ0v) is 7.50. The summed E-state index contributed by atoms with van der Waals surface area (Å²) in [6.45, 7) is 2.14. The summed E-state index contributed by atoms with van der Waals surface area (Å²) in [7, 11) is 3.42. The molecule has 0 radical (unpaired) electrons. The van der Waals surface area contributed by atoms with Gasteiger partial charge < -0.3 is 5.73 Å². The van der Waals surface area contributed by atoms with Gasteiger partial charge in [0.25, 0.3) is 0 Å². The van der Waals surface area contributed by atoms with E-state index in [0.29, 0.717) is 5.25 Å². The van der Waals surface area contributed by atoms with Crippen LogP contribution in [0.5, 0.6) is 0 Å². The van der Waals surface area contributed by atoms with E-state index in [2.05, 4.69) is 6.92 Å². The van der Waals surface area contributed by atoms with Crippen LogP contribution in [0.2, 0.25) is 0 Å². The normalized spacial score (nSPS) is 32.5. The van der Waals surface area contributed by atoms with Crippen molar-refractivity contribution >= 4 is 27.5 Å². The smallest absolute Gasteiger partial charge is 0.231 e. The van der Waals surface area contributed by atoms with E-state index in [1.165, 1.54) is 0 Å². The van der Waals surface area contributed by atoms with Gasteiger partial charge in [-0.2, -0.15) is 0 Å². The summed E-state index contributed by atoms with van der Waals surface area (Å²) in [5.74, 6) is -0.159. The van der Waals surface area contributed by atoms with Crippen molar-refractivity contribution in [2.75, 3.05) is 0 Å². The Hall–Kier alpha value is 0.170. The molecule has 1 aliphatic rings. The van der Waals surface area contributed by atoms with Gasteiger partial charge in [0, 0.05) is 5.25 Å². The number of nitrogens with two attached hydrogens (primary N) is 1. The molecule has 10 heavy (non-hydrogen) atoms. The fourth-order valence-electron chi connectivity index (χ4n) is 0.861. The van der Waals surface area contributed by atoms with Crippen LogP contribution in [0, 0.1) is 0 Å². The van der Waals surface area contributed by atoms with E-state index in [4.69, 9.17) is 5.73 Å². The van der Waals surface area contributed by atoms with E-state index in [1.807, 2.05) is 0 Å². The first-order valence-electron chi connectivity index (χ1n) is 3.35. The molecule has 2 unspecified atom stereocenters. The van der Waals surface area contributed by atoms with Crippen LogP contribution in [0.1, 0.15) is 19.8 Å². The third kappa shape index (κ3) is 1.83. The van der Waals surface area contributed by atoms with Crippen molar-refractivity contribution in [1.29, 1.82) is 0 Å². The molecule has 1 saturated heterocycles. The summed E-state index contributed by atoms with van der Waals surface area (Å²) in [6, 6.07) is 0. The largest absolute Gasteiger partial charge is 0.369 e. The molecule has 0 aliphatic carbocycles. The number of carbonyl (C=O) groups is 1. The van der Waals surface area contributed by atoms with Gasteiger partial charge in [0.05, 0.1) is 5.25 Å². The fraction of sp³-hybridized carbons (Fsp3) is 0.833. The average molecular weight is 177 g/mol. The Labute approximate surface area is 68.7 Å². The molecule has 1 amide bonds. The lowest BCUT2D eigenvalue weighted by Crippen LogP contribution is -2.24. The topological polar surface area (TPSA) is 43.1 Å². The van der Waals surface area contributed by atoms with Crippen molar-refractivity contribution in [3.8, 4) is 0 Å². The van der Waals surface area contributed by atoms with Crippen LogP contribution in [-0.2, 0) is 4.79 Å². The van der Waals surface area contributed by atoms with Crippen molar-refractivity contribution in [3.05, 3.63) is 0 Å². The summed E-state index contributed by atoms with van der Waals surface area (Å²) in [5.41, 5.74) is 5.14. The predicted molar refractivity (Wildman–Crippen MR) is 46.9 cm³/mol. The molecule has 2 atom stereocenters. The van der Waals surface area contributed by atoms with E-state index in [1.54, 1.807) is 21.6 Å².